The largest absolute Gasteiger partial charge is 0.345 e. The Labute approximate surface area is 108 Å². The minimum Gasteiger partial charge on any atom is -0.345 e. The van der Waals surface area contributed by atoms with Gasteiger partial charge in [0.1, 0.15) is 0 Å². The van der Waals surface area contributed by atoms with Crippen molar-refractivity contribution < 1.29 is 9.59 Å². The third kappa shape index (κ3) is 2.85. The highest BCUT2D eigenvalue weighted by Gasteiger charge is 2.44. The van der Waals surface area contributed by atoms with Crippen LogP contribution in [0, 0.1) is 11.8 Å². The number of hydrogen-bond donors (Lipinski definition) is 2. The molecule has 100 valence electrons. The van der Waals surface area contributed by atoms with Gasteiger partial charge < -0.3 is 10.6 Å². The van der Waals surface area contributed by atoms with Gasteiger partial charge in [-0.15, -0.1) is 0 Å². The molecule has 0 aromatic rings. The highest BCUT2D eigenvalue weighted by molar-refractivity contribution is 6.35. The van der Waals surface area contributed by atoms with Crippen LogP contribution < -0.4 is 10.6 Å². The smallest absolute Gasteiger partial charge is 0.309 e. The van der Waals surface area contributed by atoms with Crippen molar-refractivity contribution in [2.24, 2.45) is 11.8 Å². The van der Waals surface area contributed by atoms with Crippen LogP contribution in [0.3, 0.4) is 0 Å². The standard InChI is InChI=1S/C14H22N2O2/c17-13(15-10-6-7-10)14(18)16-12-8-11(12)9-4-2-1-3-5-9/h9-12H,1-8H2,(H,15,17)(H,16,18)/t11-,12+/m0/s1. The molecule has 3 aliphatic rings. The molecular formula is C14H22N2O2. The molecule has 18 heavy (non-hydrogen) atoms. The molecule has 0 saturated heterocycles. The second-order valence-electron chi connectivity index (χ2n) is 6.13. The molecular weight excluding hydrogens is 228 g/mol. The molecule has 4 heteroatoms. The minimum atomic E-state index is -0.438. The van der Waals surface area contributed by atoms with Crippen molar-refractivity contribution in [3.8, 4) is 0 Å². The summed E-state index contributed by atoms with van der Waals surface area (Å²) in [6.07, 6.45) is 9.78. The van der Waals surface area contributed by atoms with Gasteiger partial charge in [-0.05, 0) is 31.1 Å². The van der Waals surface area contributed by atoms with E-state index >= 15 is 0 Å². The average molecular weight is 250 g/mol. The van der Waals surface area contributed by atoms with Crippen molar-refractivity contribution in [3.63, 3.8) is 0 Å². The van der Waals surface area contributed by atoms with Crippen LogP contribution in [0.4, 0.5) is 0 Å². The Morgan fingerprint density at radius 2 is 1.50 bits per heavy atom. The fourth-order valence-corrected chi connectivity index (χ4v) is 3.18. The maximum atomic E-state index is 11.7. The van der Waals surface area contributed by atoms with E-state index in [0.29, 0.717) is 5.92 Å². The van der Waals surface area contributed by atoms with Gasteiger partial charge in [-0.1, -0.05) is 32.1 Å². The number of carbonyl (C=O) groups is 2. The van der Waals surface area contributed by atoms with Gasteiger partial charge in [0.15, 0.2) is 0 Å². The predicted octanol–water partition coefficient (Wildman–Crippen LogP) is 1.35. The number of rotatable bonds is 3. The molecule has 4 nitrogen and oxygen atoms in total. The molecule has 0 heterocycles. The first-order chi connectivity index (χ1) is 8.74. The van der Waals surface area contributed by atoms with Crippen LogP contribution in [-0.4, -0.2) is 23.9 Å². The Morgan fingerprint density at radius 1 is 0.833 bits per heavy atom. The van der Waals surface area contributed by atoms with Crippen molar-refractivity contribution in [3.05, 3.63) is 0 Å². The second-order valence-corrected chi connectivity index (χ2v) is 6.13. The van der Waals surface area contributed by atoms with Crippen LogP contribution in [0.2, 0.25) is 0 Å². The molecule has 0 aromatic carbocycles. The fourth-order valence-electron chi connectivity index (χ4n) is 3.18. The minimum absolute atomic E-state index is 0.261. The molecule has 0 radical (unpaired) electrons. The Hall–Kier alpha value is -1.06. The maximum Gasteiger partial charge on any atom is 0.309 e. The first-order valence-electron chi connectivity index (χ1n) is 7.35. The second kappa shape index (κ2) is 4.90. The summed E-state index contributed by atoms with van der Waals surface area (Å²) in [7, 11) is 0. The van der Waals surface area contributed by atoms with E-state index in [1.807, 2.05) is 0 Å². The van der Waals surface area contributed by atoms with Crippen molar-refractivity contribution in [1.82, 2.24) is 10.6 Å². The highest BCUT2D eigenvalue weighted by Crippen LogP contribution is 2.44. The molecule has 3 rings (SSSR count). The number of amides is 2. The summed E-state index contributed by atoms with van der Waals surface area (Å²) in [5.41, 5.74) is 0. The van der Waals surface area contributed by atoms with E-state index in [1.165, 1.54) is 32.1 Å². The van der Waals surface area contributed by atoms with Crippen LogP contribution in [-0.2, 0) is 9.59 Å². The first-order valence-corrected chi connectivity index (χ1v) is 7.35. The Kier molecular flexibility index (Phi) is 3.27. The third-order valence-electron chi connectivity index (χ3n) is 4.53. The van der Waals surface area contributed by atoms with Crippen molar-refractivity contribution in [2.75, 3.05) is 0 Å². The lowest BCUT2D eigenvalue weighted by Gasteiger charge is -2.21. The van der Waals surface area contributed by atoms with Crippen LogP contribution in [0.25, 0.3) is 0 Å². The van der Waals surface area contributed by atoms with Gasteiger partial charge in [-0.3, -0.25) is 9.59 Å². The maximum absolute atomic E-state index is 11.7. The zero-order valence-electron chi connectivity index (χ0n) is 10.8. The van der Waals surface area contributed by atoms with Crippen molar-refractivity contribution in [1.29, 1.82) is 0 Å². The molecule has 0 aromatic heterocycles. The molecule has 0 aliphatic heterocycles. The quantitative estimate of drug-likeness (QED) is 0.743. The molecule has 2 atom stereocenters. The summed E-state index contributed by atoms with van der Waals surface area (Å²) in [4.78, 5) is 23.2. The summed E-state index contributed by atoms with van der Waals surface area (Å²) < 4.78 is 0. The Morgan fingerprint density at radius 3 is 2.17 bits per heavy atom. The van der Waals surface area contributed by atoms with Gasteiger partial charge in [0.25, 0.3) is 0 Å². The lowest BCUT2D eigenvalue weighted by atomic mass is 9.85. The molecule has 3 saturated carbocycles. The molecule has 3 aliphatic carbocycles. The van der Waals surface area contributed by atoms with Gasteiger partial charge in [0, 0.05) is 12.1 Å². The van der Waals surface area contributed by atoms with E-state index in [9.17, 15) is 9.59 Å². The van der Waals surface area contributed by atoms with Gasteiger partial charge in [-0.2, -0.15) is 0 Å². The summed E-state index contributed by atoms with van der Waals surface area (Å²) in [6.45, 7) is 0. The topological polar surface area (TPSA) is 58.2 Å². The molecule has 2 amide bonds. The summed E-state index contributed by atoms with van der Waals surface area (Å²) in [5.74, 6) is 0.565. The molecule has 2 N–H and O–H groups in total. The number of nitrogens with one attached hydrogen (secondary N) is 2. The van der Waals surface area contributed by atoms with Crippen LogP contribution in [0.1, 0.15) is 51.4 Å². The molecule has 0 bridgehead atoms. The molecule has 0 spiro atoms. The SMILES string of the molecule is O=C(NC1CC1)C(=O)N[C@@H]1C[C@H]1C1CCCCC1. The van der Waals surface area contributed by atoms with E-state index in [4.69, 9.17) is 0 Å². The lowest BCUT2D eigenvalue weighted by Crippen LogP contribution is -2.42. The highest BCUT2D eigenvalue weighted by atomic mass is 16.2. The summed E-state index contributed by atoms with van der Waals surface area (Å²) >= 11 is 0. The van der Waals surface area contributed by atoms with Gasteiger partial charge in [0.2, 0.25) is 0 Å². The van der Waals surface area contributed by atoms with E-state index in [0.717, 1.165) is 25.2 Å². The van der Waals surface area contributed by atoms with E-state index < -0.39 is 11.8 Å². The first kappa shape index (κ1) is 12.0. The fraction of sp³-hybridized carbons (Fsp3) is 0.857. The average Bonchev–Trinajstić information content (AvgIpc) is 3.26. The van der Waals surface area contributed by atoms with E-state index in [2.05, 4.69) is 10.6 Å². The van der Waals surface area contributed by atoms with E-state index in [1.54, 1.807) is 0 Å². The van der Waals surface area contributed by atoms with Gasteiger partial charge in [0.05, 0.1) is 0 Å². The van der Waals surface area contributed by atoms with Gasteiger partial charge >= 0.3 is 11.8 Å². The Bertz CT molecular complexity index is 346. The molecule has 0 unspecified atom stereocenters. The van der Waals surface area contributed by atoms with E-state index in [-0.39, 0.29) is 12.1 Å². The summed E-state index contributed by atoms with van der Waals surface area (Å²) in [6, 6.07) is 0.530. The number of carbonyl (C=O) groups excluding carboxylic acids is 2. The summed E-state index contributed by atoms with van der Waals surface area (Å²) in [5, 5.41) is 5.61. The van der Waals surface area contributed by atoms with Crippen molar-refractivity contribution >= 4 is 11.8 Å². The van der Waals surface area contributed by atoms with Crippen LogP contribution in [0.5, 0.6) is 0 Å². The van der Waals surface area contributed by atoms with Crippen molar-refractivity contribution in [2.45, 2.75) is 63.5 Å². The monoisotopic (exact) mass is 250 g/mol. The van der Waals surface area contributed by atoms with Crippen LogP contribution >= 0.6 is 0 Å². The Balaban J connectivity index is 1.40. The van der Waals surface area contributed by atoms with Gasteiger partial charge in [-0.25, -0.2) is 0 Å². The normalized spacial score (nSPS) is 31.8. The molecule has 3 fully saturated rings. The number of hydrogen-bond acceptors (Lipinski definition) is 2. The van der Waals surface area contributed by atoms with Crippen LogP contribution in [0.15, 0.2) is 0 Å². The zero-order valence-corrected chi connectivity index (χ0v) is 10.8. The zero-order chi connectivity index (χ0) is 12.5. The lowest BCUT2D eigenvalue weighted by molar-refractivity contribution is -0.139. The third-order valence-corrected chi connectivity index (χ3v) is 4.53. The predicted molar refractivity (Wildman–Crippen MR) is 67.8 cm³/mol.